The van der Waals surface area contributed by atoms with E-state index in [-0.39, 0.29) is 0 Å². The average Bonchev–Trinajstić information content (AvgIpc) is 2.40. The maximum absolute atomic E-state index is 10.2. The monoisotopic (exact) mass is 241 g/mol. The topological polar surface area (TPSA) is 32.3 Å². The minimum atomic E-state index is -0.481. The molecule has 2 nitrogen and oxygen atoms in total. The van der Waals surface area contributed by atoms with Crippen molar-refractivity contribution < 1.29 is 5.11 Å². The standard InChI is InChI=1S/C16H19NO/c1-12-7-6-10-15(13(12)2)16(18)11-17-14-8-4-3-5-9-14/h3-10,16-18H,11H2,1-2H3. The minimum Gasteiger partial charge on any atom is -0.387 e. The van der Waals surface area contributed by atoms with Crippen molar-refractivity contribution >= 4 is 5.69 Å². The van der Waals surface area contributed by atoms with E-state index in [9.17, 15) is 5.11 Å². The van der Waals surface area contributed by atoms with Crippen LogP contribution in [0.2, 0.25) is 0 Å². The van der Waals surface area contributed by atoms with Gasteiger partial charge in [-0.25, -0.2) is 0 Å². The third kappa shape index (κ3) is 2.90. The van der Waals surface area contributed by atoms with Crippen molar-refractivity contribution in [3.63, 3.8) is 0 Å². The Hall–Kier alpha value is -1.80. The first kappa shape index (κ1) is 12.7. The average molecular weight is 241 g/mol. The fourth-order valence-electron chi connectivity index (χ4n) is 2.02. The molecule has 94 valence electrons. The number of benzene rings is 2. The summed E-state index contributed by atoms with van der Waals surface area (Å²) in [4.78, 5) is 0. The van der Waals surface area contributed by atoms with Crippen molar-refractivity contribution in [2.75, 3.05) is 11.9 Å². The first-order valence-electron chi connectivity index (χ1n) is 6.21. The van der Waals surface area contributed by atoms with Crippen LogP contribution >= 0.6 is 0 Å². The van der Waals surface area contributed by atoms with Crippen molar-refractivity contribution in [1.82, 2.24) is 0 Å². The normalized spacial score (nSPS) is 12.2. The van der Waals surface area contributed by atoms with E-state index in [1.165, 1.54) is 11.1 Å². The van der Waals surface area contributed by atoms with Gasteiger partial charge in [0, 0.05) is 12.2 Å². The quantitative estimate of drug-likeness (QED) is 0.859. The minimum absolute atomic E-state index is 0.481. The predicted octanol–water partition coefficient (Wildman–Crippen LogP) is 3.45. The summed E-state index contributed by atoms with van der Waals surface area (Å²) in [7, 11) is 0. The molecule has 0 fully saturated rings. The van der Waals surface area contributed by atoms with Crippen LogP contribution in [0.5, 0.6) is 0 Å². The third-order valence-corrected chi connectivity index (χ3v) is 3.28. The van der Waals surface area contributed by atoms with Gasteiger partial charge in [0.15, 0.2) is 0 Å². The van der Waals surface area contributed by atoms with Crippen LogP contribution in [0.4, 0.5) is 5.69 Å². The van der Waals surface area contributed by atoms with E-state index >= 15 is 0 Å². The van der Waals surface area contributed by atoms with Gasteiger partial charge in [0.05, 0.1) is 6.10 Å². The van der Waals surface area contributed by atoms with E-state index in [2.05, 4.69) is 25.2 Å². The summed E-state index contributed by atoms with van der Waals surface area (Å²) in [5.74, 6) is 0. The number of aliphatic hydroxyl groups excluding tert-OH is 1. The summed E-state index contributed by atoms with van der Waals surface area (Å²) in [6.45, 7) is 4.64. The molecule has 2 N–H and O–H groups in total. The van der Waals surface area contributed by atoms with Crippen LogP contribution < -0.4 is 5.32 Å². The molecular weight excluding hydrogens is 222 g/mol. The fraction of sp³-hybridized carbons (Fsp3) is 0.250. The number of anilines is 1. The molecule has 0 aromatic heterocycles. The number of hydrogen-bond acceptors (Lipinski definition) is 2. The number of aryl methyl sites for hydroxylation is 1. The summed E-state index contributed by atoms with van der Waals surface area (Å²) >= 11 is 0. The van der Waals surface area contributed by atoms with Gasteiger partial charge in [0.1, 0.15) is 0 Å². The van der Waals surface area contributed by atoms with E-state index in [0.717, 1.165) is 11.3 Å². The molecule has 0 radical (unpaired) electrons. The summed E-state index contributed by atoms with van der Waals surface area (Å²) < 4.78 is 0. The lowest BCUT2D eigenvalue weighted by Crippen LogP contribution is -2.13. The van der Waals surface area contributed by atoms with Crippen LogP contribution in [0.25, 0.3) is 0 Å². The maximum atomic E-state index is 10.2. The number of hydrogen-bond donors (Lipinski definition) is 2. The molecule has 0 aliphatic carbocycles. The zero-order chi connectivity index (χ0) is 13.0. The molecule has 2 aromatic carbocycles. The molecule has 0 saturated heterocycles. The van der Waals surface area contributed by atoms with E-state index in [0.29, 0.717) is 6.54 Å². The molecule has 18 heavy (non-hydrogen) atoms. The Kier molecular flexibility index (Phi) is 4.00. The summed E-state index contributed by atoms with van der Waals surface area (Å²) in [5, 5.41) is 13.5. The van der Waals surface area contributed by atoms with Gasteiger partial charge >= 0.3 is 0 Å². The third-order valence-electron chi connectivity index (χ3n) is 3.28. The largest absolute Gasteiger partial charge is 0.387 e. The number of nitrogens with one attached hydrogen (secondary N) is 1. The van der Waals surface area contributed by atoms with Crippen molar-refractivity contribution in [1.29, 1.82) is 0 Å². The highest BCUT2D eigenvalue weighted by atomic mass is 16.3. The molecule has 0 amide bonds. The molecule has 0 bridgehead atoms. The lowest BCUT2D eigenvalue weighted by Gasteiger charge is -2.16. The van der Waals surface area contributed by atoms with Crippen molar-refractivity contribution in [3.05, 3.63) is 65.2 Å². The van der Waals surface area contributed by atoms with Gasteiger partial charge in [0.25, 0.3) is 0 Å². The highest BCUT2D eigenvalue weighted by Gasteiger charge is 2.10. The van der Waals surface area contributed by atoms with Crippen LogP contribution in [-0.2, 0) is 0 Å². The first-order chi connectivity index (χ1) is 8.68. The van der Waals surface area contributed by atoms with Crippen LogP contribution in [0.1, 0.15) is 22.8 Å². The smallest absolute Gasteiger partial charge is 0.0964 e. The highest BCUT2D eigenvalue weighted by molar-refractivity contribution is 5.43. The second-order valence-electron chi connectivity index (χ2n) is 4.55. The molecule has 1 atom stereocenters. The summed E-state index contributed by atoms with van der Waals surface area (Å²) in [6.07, 6.45) is -0.481. The maximum Gasteiger partial charge on any atom is 0.0964 e. The second-order valence-corrected chi connectivity index (χ2v) is 4.55. The lowest BCUT2D eigenvalue weighted by atomic mass is 9.99. The van der Waals surface area contributed by atoms with Gasteiger partial charge in [-0.3, -0.25) is 0 Å². The van der Waals surface area contributed by atoms with Crippen molar-refractivity contribution in [3.8, 4) is 0 Å². The zero-order valence-corrected chi connectivity index (χ0v) is 10.9. The van der Waals surface area contributed by atoms with Crippen LogP contribution in [0.3, 0.4) is 0 Å². The summed E-state index contributed by atoms with van der Waals surface area (Å²) in [6, 6.07) is 16.0. The lowest BCUT2D eigenvalue weighted by molar-refractivity contribution is 0.191. The van der Waals surface area contributed by atoms with Crippen LogP contribution in [-0.4, -0.2) is 11.7 Å². The Balaban J connectivity index is 2.04. The van der Waals surface area contributed by atoms with Crippen molar-refractivity contribution in [2.45, 2.75) is 20.0 Å². The Morgan fingerprint density at radius 3 is 2.44 bits per heavy atom. The Labute approximate surface area is 108 Å². The molecule has 0 saturated carbocycles. The molecule has 0 heterocycles. The van der Waals surface area contributed by atoms with Crippen LogP contribution in [0, 0.1) is 13.8 Å². The SMILES string of the molecule is Cc1cccc(C(O)CNc2ccccc2)c1C. The summed E-state index contributed by atoms with van der Waals surface area (Å²) in [5.41, 5.74) is 4.41. The van der Waals surface area contributed by atoms with E-state index < -0.39 is 6.10 Å². The van der Waals surface area contributed by atoms with Gasteiger partial charge in [0.2, 0.25) is 0 Å². The predicted molar refractivity (Wildman–Crippen MR) is 75.8 cm³/mol. The number of aliphatic hydroxyl groups is 1. The fourth-order valence-corrected chi connectivity index (χ4v) is 2.02. The first-order valence-corrected chi connectivity index (χ1v) is 6.21. The second kappa shape index (κ2) is 5.69. The molecule has 2 aromatic rings. The van der Waals surface area contributed by atoms with Gasteiger partial charge in [-0.05, 0) is 42.7 Å². The van der Waals surface area contributed by atoms with Crippen molar-refractivity contribution in [2.24, 2.45) is 0 Å². The van der Waals surface area contributed by atoms with E-state index in [1.807, 2.05) is 42.5 Å². The van der Waals surface area contributed by atoms with Gasteiger partial charge in [-0.2, -0.15) is 0 Å². The molecule has 0 spiro atoms. The zero-order valence-electron chi connectivity index (χ0n) is 10.9. The Morgan fingerprint density at radius 2 is 1.72 bits per heavy atom. The Morgan fingerprint density at radius 1 is 1.00 bits per heavy atom. The van der Waals surface area contributed by atoms with E-state index in [4.69, 9.17) is 0 Å². The molecule has 0 aliphatic rings. The molecule has 2 rings (SSSR count). The molecule has 1 unspecified atom stereocenters. The number of para-hydroxylation sites is 1. The van der Waals surface area contributed by atoms with Gasteiger partial charge in [-0.15, -0.1) is 0 Å². The molecular formula is C16H19NO. The van der Waals surface area contributed by atoms with Gasteiger partial charge < -0.3 is 10.4 Å². The Bertz CT molecular complexity index is 508. The van der Waals surface area contributed by atoms with Crippen LogP contribution in [0.15, 0.2) is 48.5 Å². The highest BCUT2D eigenvalue weighted by Crippen LogP contribution is 2.20. The van der Waals surface area contributed by atoms with E-state index in [1.54, 1.807) is 0 Å². The molecule has 2 heteroatoms. The van der Waals surface area contributed by atoms with Gasteiger partial charge in [-0.1, -0.05) is 36.4 Å². The number of rotatable bonds is 4. The molecule has 0 aliphatic heterocycles.